The Morgan fingerprint density at radius 1 is 0.933 bits per heavy atom. The van der Waals surface area contributed by atoms with Crippen molar-refractivity contribution in [3.8, 4) is 22.9 Å². The Balaban J connectivity index is 1.20. The van der Waals surface area contributed by atoms with E-state index in [-0.39, 0.29) is 0 Å². The molecule has 2 aliphatic rings. The van der Waals surface area contributed by atoms with E-state index in [0.29, 0.717) is 6.61 Å². The van der Waals surface area contributed by atoms with Crippen molar-refractivity contribution in [2.45, 2.75) is 13.0 Å². The van der Waals surface area contributed by atoms with E-state index >= 15 is 0 Å². The second-order valence-corrected chi connectivity index (χ2v) is 7.71. The van der Waals surface area contributed by atoms with E-state index in [9.17, 15) is 0 Å². The van der Waals surface area contributed by atoms with E-state index in [2.05, 4.69) is 42.8 Å². The van der Waals surface area contributed by atoms with Gasteiger partial charge in [-0.3, -0.25) is 4.90 Å². The molecule has 30 heavy (non-hydrogen) atoms. The normalized spacial score (nSPS) is 16.4. The van der Waals surface area contributed by atoms with Gasteiger partial charge >= 0.3 is 0 Å². The molecule has 1 fully saturated rings. The van der Waals surface area contributed by atoms with Gasteiger partial charge in [0.2, 0.25) is 0 Å². The largest absolute Gasteiger partial charge is 0.497 e. The van der Waals surface area contributed by atoms with Crippen molar-refractivity contribution < 1.29 is 9.47 Å². The molecular formula is C23H27N5O2. The fourth-order valence-electron chi connectivity index (χ4n) is 4.26. The van der Waals surface area contributed by atoms with Gasteiger partial charge in [-0.1, -0.05) is 12.1 Å². The van der Waals surface area contributed by atoms with Crippen LogP contribution < -0.4 is 14.4 Å². The molecule has 0 N–H and O–H groups in total. The summed E-state index contributed by atoms with van der Waals surface area (Å²) in [4.78, 5) is 4.95. The molecule has 0 aliphatic carbocycles. The number of piperazine rings is 1. The van der Waals surface area contributed by atoms with Gasteiger partial charge in [0, 0.05) is 44.8 Å². The topological polar surface area (TPSA) is 55.7 Å². The molecule has 156 valence electrons. The van der Waals surface area contributed by atoms with Crippen molar-refractivity contribution in [2.24, 2.45) is 0 Å². The van der Waals surface area contributed by atoms with Gasteiger partial charge in [0.1, 0.15) is 23.9 Å². The molecule has 1 aromatic heterocycles. The lowest BCUT2D eigenvalue weighted by atomic mass is 10.2. The average Bonchev–Trinajstić information content (AvgIpc) is 3.11. The van der Waals surface area contributed by atoms with Crippen LogP contribution in [-0.4, -0.2) is 66.1 Å². The Morgan fingerprint density at radius 2 is 1.73 bits per heavy atom. The fraction of sp³-hybridized carbons (Fsp3) is 0.391. The first kappa shape index (κ1) is 18.9. The minimum absolute atomic E-state index is 0.648. The summed E-state index contributed by atoms with van der Waals surface area (Å²) in [6.07, 6.45) is 0.900. The number of para-hydroxylation sites is 1. The molecule has 0 radical (unpaired) electrons. The predicted molar refractivity (Wildman–Crippen MR) is 116 cm³/mol. The van der Waals surface area contributed by atoms with E-state index in [1.807, 2.05) is 30.3 Å². The van der Waals surface area contributed by atoms with Gasteiger partial charge in [0.05, 0.1) is 19.2 Å². The maximum absolute atomic E-state index is 5.89. The van der Waals surface area contributed by atoms with Crippen molar-refractivity contribution in [1.29, 1.82) is 0 Å². The van der Waals surface area contributed by atoms with Crippen molar-refractivity contribution in [1.82, 2.24) is 19.7 Å². The highest BCUT2D eigenvalue weighted by Crippen LogP contribution is 2.31. The van der Waals surface area contributed by atoms with Gasteiger partial charge in [-0.2, -0.15) is 0 Å². The molecule has 5 rings (SSSR count). The van der Waals surface area contributed by atoms with Crippen LogP contribution >= 0.6 is 0 Å². The smallest absolute Gasteiger partial charge is 0.167 e. The lowest BCUT2D eigenvalue weighted by molar-refractivity contribution is 0.257. The molecule has 3 aromatic rings. The number of ether oxygens (including phenoxy) is 2. The molecule has 1 saturated heterocycles. The number of hydrogen-bond acceptors (Lipinski definition) is 6. The van der Waals surface area contributed by atoms with Crippen LogP contribution in [0.3, 0.4) is 0 Å². The highest BCUT2D eigenvalue weighted by atomic mass is 16.5. The number of hydrogen-bond donors (Lipinski definition) is 0. The maximum Gasteiger partial charge on any atom is 0.167 e. The number of anilines is 1. The number of benzene rings is 2. The summed E-state index contributed by atoms with van der Waals surface area (Å²) in [6, 6.07) is 16.4. The van der Waals surface area contributed by atoms with Gasteiger partial charge in [-0.15, -0.1) is 10.2 Å². The molecule has 0 saturated carbocycles. The Hall–Kier alpha value is -3.06. The van der Waals surface area contributed by atoms with E-state index in [1.54, 1.807) is 7.11 Å². The minimum Gasteiger partial charge on any atom is -0.497 e. The van der Waals surface area contributed by atoms with Crippen LogP contribution in [0.15, 0.2) is 48.5 Å². The number of rotatable bonds is 5. The monoisotopic (exact) mass is 405 g/mol. The zero-order valence-electron chi connectivity index (χ0n) is 17.3. The van der Waals surface area contributed by atoms with Gasteiger partial charge in [0.25, 0.3) is 0 Å². The van der Waals surface area contributed by atoms with Crippen LogP contribution in [0.5, 0.6) is 11.5 Å². The Bertz CT molecular complexity index is 993. The molecule has 7 heteroatoms. The Morgan fingerprint density at radius 3 is 2.53 bits per heavy atom. The van der Waals surface area contributed by atoms with Gasteiger partial charge < -0.3 is 18.9 Å². The van der Waals surface area contributed by atoms with E-state index in [0.717, 1.165) is 74.4 Å². The van der Waals surface area contributed by atoms with E-state index in [1.165, 1.54) is 5.69 Å². The number of fused-ring (bicyclic) bond motifs is 3. The summed E-state index contributed by atoms with van der Waals surface area (Å²) in [7, 11) is 1.70. The average molecular weight is 406 g/mol. The number of nitrogens with zero attached hydrogens (tertiary/aromatic N) is 5. The SMILES string of the molecule is COc1ccc(N2CCN(CCc3nnc4n3CCOc3ccccc3-4)CC2)cc1. The van der Waals surface area contributed by atoms with Crippen molar-refractivity contribution in [3.05, 3.63) is 54.4 Å². The minimum atomic E-state index is 0.648. The highest BCUT2D eigenvalue weighted by molar-refractivity contribution is 5.64. The molecule has 3 heterocycles. The fourth-order valence-corrected chi connectivity index (χ4v) is 4.26. The Labute approximate surface area is 176 Å². The molecule has 7 nitrogen and oxygen atoms in total. The summed E-state index contributed by atoms with van der Waals surface area (Å²) < 4.78 is 13.4. The van der Waals surface area contributed by atoms with Gasteiger partial charge in [-0.05, 0) is 36.4 Å². The Kier molecular flexibility index (Phi) is 5.27. The lowest BCUT2D eigenvalue weighted by Gasteiger charge is -2.36. The standard InChI is InChI=1S/C23H27N5O2/c1-29-19-8-6-18(7-9-19)27-14-12-26(13-15-27)11-10-22-24-25-23-20-4-2-3-5-21(20)30-17-16-28(22)23/h2-9H,10-17H2,1H3. The third kappa shape index (κ3) is 3.73. The van der Waals surface area contributed by atoms with Gasteiger partial charge in [0.15, 0.2) is 5.82 Å². The van der Waals surface area contributed by atoms with Crippen LogP contribution in [0, 0.1) is 0 Å². The van der Waals surface area contributed by atoms with Crippen molar-refractivity contribution in [3.63, 3.8) is 0 Å². The summed E-state index contributed by atoms with van der Waals surface area (Å²) in [5.74, 6) is 3.76. The third-order valence-electron chi connectivity index (χ3n) is 5.99. The van der Waals surface area contributed by atoms with Crippen LogP contribution in [-0.2, 0) is 13.0 Å². The first-order valence-corrected chi connectivity index (χ1v) is 10.6. The number of methoxy groups -OCH3 is 1. The lowest BCUT2D eigenvalue weighted by Crippen LogP contribution is -2.47. The molecule has 0 unspecified atom stereocenters. The summed E-state index contributed by atoms with van der Waals surface area (Å²) in [6.45, 7) is 6.61. The molecule has 0 amide bonds. The zero-order valence-corrected chi connectivity index (χ0v) is 17.3. The highest BCUT2D eigenvalue weighted by Gasteiger charge is 2.22. The second kappa shape index (κ2) is 8.36. The second-order valence-electron chi connectivity index (χ2n) is 7.71. The van der Waals surface area contributed by atoms with E-state index < -0.39 is 0 Å². The first-order valence-electron chi connectivity index (χ1n) is 10.6. The van der Waals surface area contributed by atoms with E-state index in [4.69, 9.17) is 9.47 Å². The van der Waals surface area contributed by atoms with Crippen LogP contribution in [0.2, 0.25) is 0 Å². The quantitative estimate of drug-likeness (QED) is 0.651. The summed E-state index contributed by atoms with van der Waals surface area (Å²) >= 11 is 0. The molecule has 2 aliphatic heterocycles. The number of aromatic nitrogens is 3. The predicted octanol–water partition coefficient (Wildman–Crippen LogP) is 2.71. The zero-order chi connectivity index (χ0) is 20.3. The first-order chi connectivity index (χ1) is 14.8. The van der Waals surface area contributed by atoms with Crippen molar-refractivity contribution in [2.75, 3.05) is 51.3 Å². The summed E-state index contributed by atoms with van der Waals surface area (Å²) in [5.41, 5.74) is 2.29. The molecule has 0 spiro atoms. The van der Waals surface area contributed by atoms with Crippen LogP contribution in [0.25, 0.3) is 11.4 Å². The summed E-state index contributed by atoms with van der Waals surface area (Å²) in [5, 5.41) is 8.99. The molecule has 0 bridgehead atoms. The van der Waals surface area contributed by atoms with Crippen LogP contribution in [0.1, 0.15) is 5.82 Å². The third-order valence-corrected chi connectivity index (χ3v) is 5.99. The maximum atomic E-state index is 5.89. The molecule has 2 aromatic carbocycles. The van der Waals surface area contributed by atoms with Crippen molar-refractivity contribution >= 4 is 5.69 Å². The molecular weight excluding hydrogens is 378 g/mol. The van der Waals surface area contributed by atoms with Gasteiger partial charge in [-0.25, -0.2) is 0 Å². The van der Waals surface area contributed by atoms with Crippen LogP contribution in [0.4, 0.5) is 5.69 Å². The molecule has 0 atom stereocenters.